The highest BCUT2D eigenvalue weighted by molar-refractivity contribution is 7.88. The molecule has 1 aromatic heterocycles. The fourth-order valence-corrected chi connectivity index (χ4v) is 6.32. The van der Waals surface area contributed by atoms with E-state index < -0.39 is 10.0 Å². The molecule has 1 aromatic carbocycles. The lowest BCUT2D eigenvalue weighted by Gasteiger charge is -2.44. The number of halogens is 2. The van der Waals surface area contributed by atoms with Gasteiger partial charge in [0.2, 0.25) is 10.0 Å². The first kappa shape index (κ1) is 29.0. The van der Waals surface area contributed by atoms with Gasteiger partial charge in [-0.1, -0.05) is 29.3 Å². The van der Waals surface area contributed by atoms with Crippen LogP contribution in [0.15, 0.2) is 24.5 Å². The van der Waals surface area contributed by atoms with Gasteiger partial charge in [-0.25, -0.2) is 23.1 Å². The van der Waals surface area contributed by atoms with Gasteiger partial charge in [0.15, 0.2) is 0 Å². The molecule has 2 N–H and O–H groups in total. The lowest BCUT2D eigenvalue weighted by molar-refractivity contribution is -0.0131. The SMILES string of the molecule is CO[C@H]1CN(C2CCN(C(=O)c3ncnc(NCc4ccc(Cl)c(Cl)c4)c3C)CC2)CC[C@H]1NS(C)(=O)=O. The number of likely N-dealkylation sites (tertiary alicyclic amines) is 2. The number of nitrogens with one attached hydrogen (secondary N) is 2. The summed E-state index contributed by atoms with van der Waals surface area (Å²) in [6, 6.07) is 5.51. The molecule has 38 heavy (non-hydrogen) atoms. The van der Waals surface area contributed by atoms with Crippen LogP contribution in [0.3, 0.4) is 0 Å². The van der Waals surface area contributed by atoms with Crippen molar-refractivity contribution in [3.63, 3.8) is 0 Å². The van der Waals surface area contributed by atoms with Gasteiger partial charge in [0.1, 0.15) is 17.8 Å². The monoisotopic (exact) mass is 584 g/mol. The number of hydrogen-bond donors (Lipinski definition) is 2. The molecule has 2 atom stereocenters. The largest absolute Gasteiger partial charge is 0.378 e. The van der Waals surface area contributed by atoms with E-state index in [1.54, 1.807) is 19.2 Å². The summed E-state index contributed by atoms with van der Waals surface area (Å²) in [6.07, 6.45) is 4.72. The van der Waals surface area contributed by atoms with Gasteiger partial charge in [-0.05, 0) is 43.9 Å². The maximum Gasteiger partial charge on any atom is 0.272 e. The molecule has 2 aromatic rings. The minimum atomic E-state index is -3.30. The van der Waals surface area contributed by atoms with Crippen LogP contribution in [0.4, 0.5) is 5.82 Å². The molecule has 1 amide bonds. The van der Waals surface area contributed by atoms with Crippen LogP contribution < -0.4 is 10.0 Å². The maximum atomic E-state index is 13.4. The Balaban J connectivity index is 1.33. The first-order valence-corrected chi connectivity index (χ1v) is 15.2. The predicted molar refractivity (Wildman–Crippen MR) is 148 cm³/mol. The number of benzene rings is 1. The molecular weight excluding hydrogens is 551 g/mol. The maximum absolute atomic E-state index is 13.4. The van der Waals surface area contributed by atoms with Gasteiger partial charge in [-0.2, -0.15) is 0 Å². The molecule has 2 aliphatic rings. The average molecular weight is 586 g/mol. The molecule has 0 unspecified atom stereocenters. The zero-order chi connectivity index (χ0) is 27.4. The van der Waals surface area contributed by atoms with Crippen molar-refractivity contribution in [1.82, 2.24) is 24.5 Å². The molecule has 10 nitrogen and oxygen atoms in total. The zero-order valence-corrected chi connectivity index (χ0v) is 24.1. The van der Waals surface area contributed by atoms with Crippen molar-refractivity contribution in [2.24, 2.45) is 0 Å². The second-order valence-corrected chi connectivity index (χ2v) is 12.5. The number of anilines is 1. The molecule has 2 fully saturated rings. The van der Waals surface area contributed by atoms with E-state index in [-0.39, 0.29) is 18.1 Å². The Morgan fingerprint density at radius 2 is 1.87 bits per heavy atom. The summed E-state index contributed by atoms with van der Waals surface area (Å²) in [4.78, 5) is 26.2. The van der Waals surface area contributed by atoms with Gasteiger partial charge in [-0.15, -0.1) is 0 Å². The summed E-state index contributed by atoms with van der Waals surface area (Å²) < 4.78 is 31.7. The second kappa shape index (κ2) is 12.4. The highest BCUT2D eigenvalue weighted by Gasteiger charge is 2.36. The number of piperidine rings is 2. The number of hydrogen-bond acceptors (Lipinski definition) is 8. The van der Waals surface area contributed by atoms with Crippen LogP contribution in [-0.4, -0.2) is 91.8 Å². The number of carbonyl (C=O) groups excluding carboxylic acids is 1. The van der Waals surface area contributed by atoms with Gasteiger partial charge in [0.25, 0.3) is 5.91 Å². The third-order valence-electron chi connectivity index (χ3n) is 7.26. The van der Waals surface area contributed by atoms with Crippen LogP contribution in [-0.2, 0) is 21.3 Å². The highest BCUT2D eigenvalue weighted by atomic mass is 35.5. The van der Waals surface area contributed by atoms with E-state index in [0.29, 0.717) is 65.8 Å². The molecule has 0 radical (unpaired) electrons. The second-order valence-electron chi connectivity index (χ2n) is 9.88. The van der Waals surface area contributed by atoms with Crippen molar-refractivity contribution in [3.8, 4) is 0 Å². The van der Waals surface area contributed by atoms with Crippen molar-refractivity contribution in [3.05, 3.63) is 51.4 Å². The van der Waals surface area contributed by atoms with E-state index in [9.17, 15) is 13.2 Å². The van der Waals surface area contributed by atoms with Gasteiger partial charge in [0.05, 0.1) is 28.4 Å². The first-order valence-electron chi connectivity index (χ1n) is 12.6. The molecule has 4 rings (SSSR count). The number of methoxy groups -OCH3 is 1. The number of rotatable bonds is 8. The van der Waals surface area contributed by atoms with Crippen molar-refractivity contribution in [2.75, 3.05) is 44.9 Å². The van der Waals surface area contributed by atoms with Crippen LogP contribution in [0.1, 0.15) is 40.9 Å². The summed E-state index contributed by atoms with van der Waals surface area (Å²) in [6.45, 7) is 5.01. The third-order valence-corrected chi connectivity index (χ3v) is 8.73. The number of ether oxygens (including phenoxy) is 1. The van der Waals surface area contributed by atoms with E-state index >= 15 is 0 Å². The summed E-state index contributed by atoms with van der Waals surface area (Å²) in [7, 11) is -1.68. The van der Waals surface area contributed by atoms with E-state index in [1.165, 1.54) is 12.6 Å². The molecule has 3 heterocycles. The van der Waals surface area contributed by atoms with Crippen LogP contribution in [0.2, 0.25) is 10.0 Å². The molecule has 208 valence electrons. The molecule has 0 aliphatic carbocycles. The summed E-state index contributed by atoms with van der Waals surface area (Å²) in [5.74, 6) is 0.493. The lowest BCUT2D eigenvalue weighted by atomic mass is 9.96. The number of sulfonamides is 1. The van der Waals surface area contributed by atoms with E-state index in [2.05, 4.69) is 24.9 Å². The molecule has 0 bridgehead atoms. The Morgan fingerprint density at radius 3 is 2.53 bits per heavy atom. The van der Waals surface area contributed by atoms with Crippen LogP contribution in [0.25, 0.3) is 0 Å². The molecule has 2 saturated heterocycles. The minimum Gasteiger partial charge on any atom is -0.378 e. The van der Waals surface area contributed by atoms with Crippen LogP contribution in [0, 0.1) is 6.92 Å². The van der Waals surface area contributed by atoms with Crippen molar-refractivity contribution in [1.29, 1.82) is 0 Å². The highest BCUT2D eigenvalue weighted by Crippen LogP contribution is 2.26. The Kier molecular flexibility index (Phi) is 9.49. The van der Waals surface area contributed by atoms with Gasteiger partial charge >= 0.3 is 0 Å². The number of aromatic nitrogens is 2. The molecular formula is C25H34Cl2N6O4S. The zero-order valence-electron chi connectivity index (χ0n) is 21.8. The fraction of sp³-hybridized carbons (Fsp3) is 0.560. The lowest BCUT2D eigenvalue weighted by Crippen LogP contribution is -2.58. The van der Waals surface area contributed by atoms with Gasteiger partial charge < -0.3 is 15.0 Å². The summed E-state index contributed by atoms with van der Waals surface area (Å²) >= 11 is 12.1. The number of amides is 1. The Bertz CT molecular complexity index is 1260. The number of carbonyl (C=O) groups is 1. The molecule has 2 aliphatic heterocycles. The standard InChI is InChI=1S/C25H34Cl2N6O4S/c1-16-23(29-15-30-24(16)28-13-17-4-5-19(26)20(27)12-17)25(34)32-9-6-18(7-10-32)33-11-8-21(22(14-33)37-2)31-38(3,35)36/h4-5,12,15,18,21-22,31H,6-11,13-14H2,1-3H3,(H,28,29,30)/t21-,22+/m1/s1. The van der Waals surface area contributed by atoms with E-state index in [0.717, 1.165) is 24.9 Å². The predicted octanol–water partition coefficient (Wildman–Crippen LogP) is 2.95. The quantitative estimate of drug-likeness (QED) is 0.486. The summed E-state index contributed by atoms with van der Waals surface area (Å²) in [5.41, 5.74) is 2.03. The molecule has 13 heteroatoms. The van der Waals surface area contributed by atoms with E-state index in [4.69, 9.17) is 27.9 Å². The van der Waals surface area contributed by atoms with Crippen LogP contribution >= 0.6 is 23.2 Å². The van der Waals surface area contributed by atoms with Crippen molar-refractivity contribution < 1.29 is 17.9 Å². The minimum absolute atomic E-state index is 0.105. The summed E-state index contributed by atoms with van der Waals surface area (Å²) in [5, 5.41) is 4.25. The smallest absolute Gasteiger partial charge is 0.272 e. The van der Waals surface area contributed by atoms with Crippen LogP contribution in [0.5, 0.6) is 0 Å². The Morgan fingerprint density at radius 1 is 1.13 bits per heavy atom. The van der Waals surface area contributed by atoms with Gasteiger partial charge in [-0.3, -0.25) is 9.69 Å². The third kappa shape index (κ3) is 7.13. The normalized spacial score (nSPS) is 21.4. The average Bonchev–Trinajstić information content (AvgIpc) is 2.89. The van der Waals surface area contributed by atoms with Gasteiger partial charge in [0, 0.05) is 51.4 Å². The Labute approximate surface area is 234 Å². The first-order chi connectivity index (χ1) is 18.1. The number of nitrogens with zero attached hydrogens (tertiary/aromatic N) is 4. The molecule has 0 saturated carbocycles. The Hall–Kier alpha value is -2.02. The van der Waals surface area contributed by atoms with Crippen molar-refractivity contribution >= 4 is 45.0 Å². The van der Waals surface area contributed by atoms with E-state index in [1.807, 2.05) is 17.9 Å². The fourth-order valence-electron chi connectivity index (χ4n) is 5.18. The topological polar surface area (TPSA) is 117 Å². The van der Waals surface area contributed by atoms with Crippen molar-refractivity contribution in [2.45, 2.75) is 50.9 Å². The molecule has 0 spiro atoms.